The molecule has 14 heavy (non-hydrogen) atoms. The van der Waals surface area contributed by atoms with Crippen LogP contribution in [0.2, 0.25) is 0 Å². The highest BCUT2D eigenvalue weighted by molar-refractivity contribution is 6.17. The fourth-order valence-corrected chi connectivity index (χ4v) is 1.31. The van der Waals surface area contributed by atoms with Gasteiger partial charge in [-0.3, -0.25) is 4.79 Å². The van der Waals surface area contributed by atoms with Crippen molar-refractivity contribution in [2.45, 2.75) is 12.3 Å². The zero-order chi connectivity index (χ0) is 10.7. The number of hydrogen-bond acceptors (Lipinski definition) is 2. The molecule has 0 saturated heterocycles. The predicted octanol–water partition coefficient (Wildman–Crippen LogP) is 2.06. The SMILES string of the molecule is COc1c(CCl)cc(=O)[nH]c1C(F)F. The van der Waals surface area contributed by atoms with E-state index in [9.17, 15) is 13.6 Å². The van der Waals surface area contributed by atoms with Crippen LogP contribution in [-0.4, -0.2) is 12.1 Å². The quantitative estimate of drug-likeness (QED) is 0.797. The fourth-order valence-electron chi connectivity index (χ4n) is 1.12. The van der Waals surface area contributed by atoms with Crippen molar-refractivity contribution in [3.8, 4) is 5.75 Å². The first-order chi connectivity index (χ1) is 6.60. The average Bonchev–Trinajstić information content (AvgIpc) is 2.16. The van der Waals surface area contributed by atoms with Crippen LogP contribution in [-0.2, 0) is 5.88 Å². The van der Waals surface area contributed by atoms with Crippen molar-refractivity contribution in [2.75, 3.05) is 7.11 Å². The van der Waals surface area contributed by atoms with Crippen LogP contribution >= 0.6 is 11.6 Å². The fraction of sp³-hybridized carbons (Fsp3) is 0.375. The molecule has 3 nitrogen and oxygen atoms in total. The number of methoxy groups -OCH3 is 1. The van der Waals surface area contributed by atoms with Crippen LogP contribution in [0.3, 0.4) is 0 Å². The molecule has 0 atom stereocenters. The Labute approximate surface area is 83.7 Å². The maximum Gasteiger partial charge on any atom is 0.282 e. The number of halogens is 3. The minimum absolute atomic E-state index is 0.0488. The highest BCUT2D eigenvalue weighted by Gasteiger charge is 2.18. The first-order valence-corrected chi connectivity index (χ1v) is 4.27. The minimum Gasteiger partial charge on any atom is -0.494 e. The van der Waals surface area contributed by atoms with Gasteiger partial charge in [-0.2, -0.15) is 0 Å². The van der Waals surface area contributed by atoms with Crippen LogP contribution < -0.4 is 10.3 Å². The monoisotopic (exact) mass is 223 g/mol. The van der Waals surface area contributed by atoms with E-state index in [2.05, 4.69) is 0 Å². The van der Waals surface area contributed by atoms with Gasteiger partial charge in [0, 0.05) is 11.6 Å². The van der Waals surface area contributed by atoms with Crippen molar-refractivity contribution in [1.29, 1.82) is 0 Å². The van der Waals surface area contributed by atoms with Crippen LogP contribution in [0.1, 0.15) is 17.7 Å². The maximum atomic E-state index is 12.4. The number of H-pyrrole nitrogens is 1. The lowest BCUT2D eigenvalue weighted by atomic mass is 10.2. The molecule has 0 bridgehead atoms. The molecular formula is C8H8ClF2NO2. The van der Waals surface area contributed by atoms with Gasteiger partial charge in [-0.1, -0.05) is 0 Å². The number of pyridine rings is 1. The van der Waals surface area contributed by atoms with Gasteiger partial charge in [-0.15, -0.1) is 11.6 Å². The van der Waals surface area contributed by atoms with Crippen LogP contribution in [0.25, 0.3) is 0 Å². The van der Waals surface area contributed by atoms with Gasteiger partial charge >= 0.3 is 0 Å². The molecule has 1 aromatic heterocycles. The Morgan fingerprint density at radius 2 is 2.29 bits per heavy atom. The lowest BCUT2D eigenvalue weighted by molar-refractivity contribution is 0.141. The van der Waals surface area contributed by atoms with Gasteiger partial charge in [0.1, 0.15) is 11.4 Å². The van der Waals surface area contributed by atoms with E-state index in [1.54, 1.807) is 0 Å². The second kappa shape index (κ2) is 4.41. The van der Waals surface area contributed by atoms with Gasteiger partial charge in [0.2, 0.25) is 5.56 Å². The van der Waals surface area contributed by atoms with E-state index >= 15 is 0 Å². The van der Waals surface area contributed by atoms with Gasteiger partial charge in [0.25, 0.3) is 6.43 Å². The van der Waals surface area contributed by atoms with Crippen molar-refractivity contribution in [3.05, 3.63) is 27.7 Å². The van der Waals surface area contributed by atoms with Gasteiger partial charge in [-0.05, 0) is 0 Å². The Morgan fingerprint density at radius 3 is 2.71 bits per heavy atom. The zero-order valence-electron chi connectivity index (χ0n) is 7.31. The number of rotatable bonds is 3. The van der Waals surface area contributed by atoms with Crippen LogP contribution in [0.5, 0.6) is 5.75 Å². The molecule has 1 aromatic rings. The Hall–Kier alpha value is -1.10. The Bertz CT molecular complexity index is 378. The Kier molecular flexibility index (Phi) is 3.46. The molecule has 0 fully saturated rings. The van der Waals surface area contributed by atoms with Crippen molar-refractivity contribution in [2.24, 2.45) is 0 Å². The summed E-state index contributed by atoms with van der Waals surface area (Å²) < 4.78 is 29.6. The van der Waals surface area contributed by atoms with Crippen molar-refractivity contribution >= 4 is 11.6 Å². The van der Waals surface area contributed by atoms with Crippen LogP contribution in [0.4, 0.5) is 8.78 Å². The van der Waals surface area contributed by atoms with Crippen molar-refractivity contribution < 1.29 is 13.5 Å². The summed E-state index contributed by atoms with van der Waals surface area (Å²) in [6.07, 6.45) is -2.79. The Morgan fingerprint density at radius 1 is 1.64 bits per heavy atom. The zero-order valence-corrected chi connectivity index (χ0v) is 8.07. The topological polar surface area (TPSA) is 42.1 Å². The summed E-state index contributed by atoms with van der Waals surface area (Å²) in [6.45, 7) is 0. The lowest BCUT2D eigenvalue weighted by Gasteiger charge is -2.10. The molecule has 0 unspecified atom stereocenters. The number of ether oxygens (including phenoxy) is 1. The molecule has 0 aromatic carbocycles. The summed E-state index contributed by atoms with van der Waals surface area (Å²) in [5.74, 6) is -0.109. The standard InChI is InChI=1S/C8H8ClF2NO2/c1-14-7-4(3-9)2-5(13)12-6(7)8(10)11/h2,8H,3H2,1H3,(H,12,13). The second-order valence-corrected chi connectivity index (χ2v) is 2.81. The molecule has 0 aliphatic carbocycles. The van der Waals surface area contributed by atoms with Crippen LogP contribution in [0.15, 0.2) is 10.9 Å². The molecule has 78 valence electrons. The molecule has 0 aliphatic rings. The van der Waals surface area contributed by atoms with E-state index in [0.29, 0.717) is 0 Å². The highest BCUT2D eigenvalue weighted by Crippen LogP contribution is 2.29. The molecule has 1 N–H and O–H groups in total. The number of alkyl halides is 3. The summed E-state index contributed by atoms with van der Waals surface area (Å²) in [5, 5.41) is 0. The first kappa shape index (κ1) is 11.0. The van der Waals surface area contributed by atoms with Gasteiger partial charge in [-0.25, -0.2) is 8.78 Å². The van der Waals surface area contributed by atoms with Gasteiger partial charge in [0.05, 0.1) is 13.0 Å². The molecule has 0 amide bonds. The molecular weight excluding hydrogens is 216 g/mol. The van der Waals surface area contributed by atoms with Crippen LogP contribution in [0, 0.1) is 0 Å². The van der Waals surface area contributed by atoms with E-state index in [1.165, 1.54) is 7.11 Å². The third-order valence-electron chi connectivity index (χ3n) is 1.67. The lowest BCUT2D eigenvalue weighted by Crippen LogP contribution is -2.12. The predicted molar refractivity (Wildman–Crippen MR) is 48.1 cm³/mol. The molecule has 0 radical (unpaired) electrons. The van der Waals surface area contributed by atoms with Gasteiger partial charge in [0.15, 0.2) is 0 Å². The third kappa shape index (κ3) is 2.04. The first-order valence-electron chi connectivity index (χ1n) is 3.74. The maximum absolute atomic E-state index is 12.4. The van der Waals surface area contributed by atoms with E-state index in [4.69, 9.17) is 16.3 Å². The van der Waals surface area contributed by atoms with Crippen molar-refractivity contribution in [3.63, 3.8) is 0 Å². The minimum atomic E-state index is -2.79. The number of aromatic nitrogens is 1. The molecule has 0 aliphatic heterocycles. The molecule has 0 spiro atoms. The molecule has 1 rings (SSSR count). The second-order valence-electron chi connectivity index (χ2n) is 2.54. The molecule has 6 heteroatoms. The summed E-state index contributed by atoms with van der Waals surface area (Å²) in [4.78, 5) is 13.0. The van der Waals surface area contributed by atoms with E-state index in [0.717, 1.165) is 6.07 Å². The summed E-state index contributed by atoms with van der Waals surface area (Å²) >= 11 is 5.48. The summed E-state index contributed by atoms with van der Waals surface area (Å²) in [5.41, 5.74) is -0.888. The van der Waals surface area contributed by atoms with Gasteiger partial charge < -0.3 is 9.72 Å². The number of nitrogens with one attached hydrogen (secondary N) is 1. The summed E-state index contributed by atoms with van der Waals surface area (Å²) in [6, 6.07) is 1.14. The summed E-state index contributed by atoms with van der Waals surface area (Å²) in [7, 11) is 1.25. The largest absolute Gasteiger partial charge is 0.494 e. The average molecular weight is 224 g/mol. The van der Waals surface area contributed by atoms with E-state index < -0.39 is 17.7 Å². The third-order valence-corrected chi connectivity index (χ3v) is 1.95. The van der Waals surface area contributed by atoms with Crippen molar-refractivity contribution in [1.82, 2.24) is 4.98 Å². The molecule has 0 saturated carbocycles. The normalized spacial score (nSPS) is 10.6. The Balaban J connectivity index is 3.39. The van der Waals surface area contributed by atoms with E-state index in [-0.39, 0.29) is 17.2 Å². The molecule has 1 heterocycles. The van der Waals surface area contributed by atoms with E-state index in [1.807, 2.05) is 4.98 Å². The number of aromatic amines is 1. The highest BCUT2D eigenvalue weighted by atomic mass is 35.5. The smallest absolute Gasteiger partial charge is 0.282 e. The number of hydrogen-bond donors (Lipinski definition) is 1.